The lowest BCUT2D eigenvalue weighted by Gasteiger charge is -2.26. The topological polar surface area (TPSA) is 71.7 Å². The molecule has 2 aliphatic heterocycles. The number of likely N-dealkylation sites (tertiary alicyclic amines) is 1. The van der Waals surface area contributed by atoms with E-state index in [2.05, 4.69) is 9.88 Å². The minimum atomic E-state index is -0.434. The van der Waals surface area contributed by atoms with Crippen LogP contribution in [0.25, 0.3) is 0 Å². The van der Waals surface area contributed by atoms with E-state index in [4.69, 9.17) is 10.5 Å². The largest absolute Gasteiger partial charge is 0.444 e. The molecule has 2 unspecified atom stereocenters. The summed E-state index contributed by atoms with van der Waals surface area (Å²) in [6.45, 7) is 9.16. The zero-order chi connectivity index (χ0) is 15.9. The quantitative estimate of drug-likeness (QED) is 0.859. The number of rotatable bonds is 1. The van der Waals surface area contributed by atoms with Crippen LogP contribution >= 0.6 is 0 Å². The van der Waals surface area contributed by atoms with Crippen LogP contribution in [0.15, 0.2) is 18.3 Å². The average molecular weight is 304 g/mol. The van der Waals surface area contributed by atoms with Gasteiger partial charge in [0.2, 0.25) is 0 Å². The van der Waals surface area contributed by atoms with Crippen LogP contribution in [0.2, 0.25) is 0 Å². The van der Waals surface area contributed by atoms with Crippen LogP contribution in [0, 0.1) is 11.8 Å². The van der Waals surface area contributed by atoms with E-state index in [1.807, 2.05) is 44.0 Å². The fourth-order valence-corrected chi connectivity index (χ4v) is 3.26. The molecule has 0 saturated carbocycles. The fourth-order valence-electron chi connectivity index (χ4n) is 3.26. The first-order chi connectivity index (χ1) is 10.3. The molecule has 1 aromatic heterocycles. The third-order valence-electron chi connectivity index (χ3n) is 4.27. The summed E-state index contributed by atoms with van der Waals surface area (Å²) in [6, 6.07) is 3.84. The molecule has 22 heavy (non-hydrogen) atoms. The van der Waals surface area contributed by atoms with Crippen molar-refractivity contribution in [1.82, 2.24) is 9.88 Å². The molecule has 1 amide bonds. The predicted octanol–water partition coefficient (Wildman–Crippen LogP) is 1.97. The maximum Gasteiger partial charge on any atom is 0.410 e. The highest BCUT2D eigenvalue weighted by Crippen LogP contribution is 2.34. The van der Waals surface area contributed by atoms with E-state index in [-0.39, 0.29) is 6.09 Å². The number of amides is 1. The Bertz CT molecular complexity index is 538. The second-order valence-corrected chi connectivity index (χ2v) is 7.25. The zero-order valence-corrected chi connectivity index (χ0v) is 13.5. The first-order valence-electron chi connectivity index (χ1n) is 7.76. The van der Waals surface area contributed by atoms with Gasteiger partial charge in [-0.05, 0) is 32.9 Å². The van der Waals surface area contributed by atoms with Crippen molar-refractivity contribution in [2.45, 2.75) is 26.4 Å². The number of carbonyl (C=O) groups excluding carboxylic acids is 1. The van der Waals surface area contributed by atoms with E-state index >= 15 is 0 Å². The van der Waals surface area contributed by atoms with Gasteiger partial charge in [-0.2, -0.15) is 0 Å². The van der Waals surface area contributed by atoms with Crippen LogP contribution in [0.1, 0.15) is 20.8 Å². The van der Waals surface area contributed by atoms with Crippen LogP contribution in [0.4, 0.5) is 16.3 Å². The Kier molecular flexibility index (Phi) is 3.62. The molecule has 2 saturated heterocycles. The summed E-state index contributed by atoms with van der Waals surface area (Å²) in [5.74, 6) is 1.55. The minimum Gasteiger partial charge on any atom is -0.444 e. The van der Waals surface area contributed by atoms with Gasteiger partial charge in [-0.15, -0.1) is 0 Å². The lowest BCUT2D eigenvalue weighted by Crippen LogP contribution is -2.37. The molecule has 3 rings (SSSR count). The second-order valence-electron chi connectivity index (χ2n) is 7.25. The van der Waals surface area contributed by atoms with Crippen molar-refractivity contribution >= 4 is 17.6 Å². The normalized spacial score (nSPS) is 24.5. The summed E-state index contributed by atoms with van der Waals surface area (Å²) in [7, 11) is 0. The molecule has 0 spiro atoms. The van der Waals surface area contributed by atoms with Crippen molar-refractivity contribution in [3.63, 3.8) is 0 Å². The number of nitrogens with zero attached hydrogens (tertiary/aromatic N) is 3. The molecular formula is C16H24N4O2. The number of pyridine rings is 1. The van der Waals surface area contributed by atoms with E-state index in [0.29, 0.717) is 17.7 Å². The number of ether oxygens (including phenoxy) is 1. The van der Waals surface area contributed by atoms with Crippen LogP contribution in [0.5, 0.6) is 0 Å². The van der Waals surface area contributed by atoms with E-state index in [0.717, 1.165) is 31.9 Å². The van der Waals surface area contributed by atoms with Crippen LogP contribution < -0.4 is 10.6 Å². The van der Waals surface area contributed by atoms with Crippen molar-refractivity contribution < 1.29 is 9.53 Å². The van der Waals surface area contributed by atoms with E-state index in [9.17, 15) is 4.79 Å². The lowest BCUT2D eigenvalue weighted by molar-refractivity contribution is 0.0282. The number of hydrogen-bond acceptors (Lipinski definition) is 5. The molecule has 0 aromatic carbocycles. The molecule has 3 heterocycles. The zero-order valence-electron chi connectivity index (χ0n) is 13.5. The lowest BCUT2D eigenvalue weighted by atomic mass is 10.0. The third kappa shape index (κ3) is 3.10. The molecule has 120 valence electrons. The molecule has 2 N–H and O–H groups in total. The molecule has 0 aliphatic carbocycles. The van der Waals surface area contributed by atoms with Gasteiger partial charge < -0.3 is 20.3 Å². The van der Waals surface area contributed by atoms with Crippen LogP contribution in [0.3, 0.4) is 0 Å². The summed E-state index contributed by atoms with van der Waals surface area (Å²) in [6.07, 6.45) is 1.63. The van der Waals surface area contributed by atoms with Crippen molar-refractivity contribution in [1.29, 1.82) is 0 Å². The highest BCUT2D eigenvalue weighted by Gasteiger charge is 2.42. The van der Waals surface area contributed by atoms with E-state index in [1.54, 1.807) is 0 Å². The molecule has 2 aliphatic rings. The second kappa shape index (κ2) is 5.34. The summed E-state index contributed by atoms with van der Waals surface area (Å²) >= 11 is 0. The Balaban J connectivity index is 1.58. The van der Waals surface area contributed by atoms with Gasteiger partial charge in [0.15, 0.2) is 0 Å². The van der Waals surface area contributed by atoms with Crippen LogP contribution in [-0.2, 0) is 4.74 Å². The van der Waals surface area contributed by atoms with Crippen molar-refractivity contribution in [2.24, 2.45) is 11.8 Å². The SMILES string of the molecule is CC(C)(C)OC(=O)N1CC2CN(c3ccc(N)nc3)CC2C1. The molecule has 2 fully saturated rings. The van der Waals surface area contributed by atoms with Crippen LogP contribution in [-0.4, -0.2) is 47.8 Å². The van der Waals surface area contributed by atoms with E-state index < -0.39 is 5.60 Å². The maximum absolute atomic E-state index is 12.1. The Morgan fingerprint density at radius 2 is 1.86 bits per heavy atom. The van der Waals surface area contributed by atoms with Gasteiger partial charge in [0, 0.05) is 38.0 Å². The Morgan fingerprint density at radius 1 is 1.23 bits per heavy atom. The number of anilines is 2. The van der Waals surface area contributed by atoms with Gasteiger partial charge in [-0.1, -0.05) is 0 Å². The Hall–Kier alpha value is -1.98. The molecule has 0 bridgehead atoms. The number of carbonyl (C=O) groups is 1. The van der Waals surface area contributed by atoms with Gasteiger partial charge in [0.25, 0.3) is 0 Å². The van der Waals surface area contributed by atoms with Crippen molar-refractivity contribution in [3.8, 4) is 0 Å². The molecule has 6 heteroatoms. The molecule has 6 nitrogen and oxygen atoms in total. The number of aromatic nitrogens is 1. The van der Waals surface area contributed by atoms with Gasteiger partial charge >= 0.3 is 6.09 Å². The summed E-state index contributed by atoms with van der Waals surface area (Å²) < 4.78 is 5.46. The summed E-state index contributed by atoms with van der Waals surface area (Å²) in [4.78, 5) is 20.5. The summed E-state index contributed by atoms with van der Waals surface area (Å²) in [5, 5.41) is 0. The van der Waals surface area contributed by atoms with E-state index in [1.165, 1.54) is 0 Å². The summed E-state index contributed by atoms with van der Waals surface area (Å²) in [5.41, 5.74) is 6.30. The third-order valence-corrected chi connectivity index (χ3v) is 4.27. The van der Waals surface area contributed by atoms with Gasteiger partial charge in [-0.25, -0.2) is 9.78 Å². The predicted molar refractivity (Wildman–Crippen MR) is 85.6 cm³/mol. The number of hydrogen-bond donors (Lipinski definition) is 1. The number of fused-ring (bicyclic) bond motifs is 1. The molecule has 0 radical (unpaired) electrons. The minimum absolute atomic E-state index is 0.192. The van der Waals surface area contributed by atoms with Gasteiger partial charge in [0.05, 0.1) is 11.9 Å². The fraction of sp³-hybridized carbons (Fsp3) is 0.625. The first-order valence-corrected chi connectivity index (χ1v) is 7.76. The van der Waals surface area contributed by atoms with Crippen molar-refractivity contribution in [2.75, 3.05) is 36.8 Å². The standard InChI is InChI=1S/C16H24N4O2/c1-16(2,3)22-15(21)20-9-11-7-19(8-12(11)10-20)13-4-5-14(17)18-6-13/h4-6,11-12H,7-10H2,1-3H3,(H2,17,18). The maximum atomic E-state index is 12.1. The monoisotopic (exact) mass is 304 g/mol. The molecule has 1 aromatic rings. The van der Waals surface area contributed by atoms with Gasteiger partial charge in [-0.3, -0.25) is 0 Å². The first kappa shape index (κ1) is 14.9. The smallest absolute Gasteiger partial charge is 0.410 e. The molecular weight excluding hydrogens is 280 g/mol. The number of nitrogens with two attached hydrogens (primary N) is 1. The average Bonchev–Trinajstić information content (AvgIpc) is 2.95. The highest BCUT2D eigenvalue weighted by atomic mass is 16.6. The Labute approximate surface area is 131 Å². The Morgan fingerprint density at radius 3 is 2.36 bits per heavy atom. The van der Waals surface area contributed by atoms with Gasteiger partial charge in [0.1, 0.15) is 11.4 Å². The van der Waals surface area contributed by atoms with Crippen molar-refractivity contribution in [3.05, 3.63) is 18.3 Å². The highest BCUT2D eigenvalue weighted by molar-refractivity contribution is 5.68. The number of nitrogen functional groups attached to an aromatic ring is 1. The molecule has 2 atom stereocenters.